The molecule has 0 saturated heterocycles. The van der Waals surface area contributed by atoms with Crippen molar-refractivity contribution in [1.29, 1.82) is 0 Å². The number of anilines is 1. The van der Waals surface area contributed by atoms with Crippen LogP contribution in [0.1, 0.15) is 30.2 Å². The molecule has 0 aliphatic carbocycles. The minimum absolute atomic E-state index is 0.0841. The molecule has 2 aromatic rings. The number of nitrogens with one attached hydrogen (secondary N) is 1. The highest BCUT2D eigenvalue weighted by atomic mass is 35.5. The van der Waals surface area contributed by atoms with Crippen molar-refractivity contribution in [3.8, 4) is 0 Å². The lowest BCUT2D eigenvalue weighted by molar-refractivity contribution is -0.114. The highest BCUT2D eigenvalue weighted by molar-refractivity contribution is 6.36. The van der Waals surface area contributed by atoms with Gasteiger partial charge in [0.1, 0.15) is 12.4 Å². The second-order valence-electron chi connectivity index (χ2n) is 5.23. The number of benzene rings is 1. The predicted octanol–water partition coefficient (Wildman–Crippen LogP) is 3.04. The molecule has 1 aliphatic heterocycles. The van der Waals surface area contributed by atoms with E-state index in [1.165, 1.54) is 0 Å². The Balaban J connectivity index is 2.22. The van der Waals surface area contributed by atoms with Crippen LogP contribution in [-0.4, -0.2) is 27.9 Å². The van der Waals surface area contributed by atoms with Crippen LogP contribution in [0.4, 0.5) is 5.82 Å². The first-order valence-electron chi connectivity index (χ1n) is 7.28. The van der Waals surface area contributed by atoms with Gasteiger partial charge in [-0.05, 0) is 19.4 Å². The Morgan fingerprint density at radius 3 is 2.86 bits per heavy atom. The molecule has 1 aliphatic rings. The van der Waals surface area contributed by atoms with Crippen molar-refractivity contribution < 1.29 is 4.79 Å². The summed E-state index contributed by atoms with van der Waals surface area (Å²) in [6.07, 6.45) is 0.933. The summed E-state index contributed by atoms with van der Waals surface area (Å²) in [6.45, 7) is 4.83. The third kappa shape index (κ3) is 2.52. The molecule has 1 aromatic carbocycles. The number of nitrogens with zero attached hydrogens (tertiary/aromatic N) is 3. The Hall–Kier alpha value is -2.14. The fourth-order valence-corrected chi connectivity index (χ4v) is 2.87. The molecule has 0 radical (unpaired) electrons. The Kier molecular flexibility index (Phi) is 3.98. The number of hydrogen-bond acceptors (Lipinski definition) is 3. The number of amides is 1. The number of rotatable bonds is 3. The van der Waals surface area contributed by atoms with E-state index in [9.17, 15) is 4.79 Å². The summed E-state index contributed by atoms with van der Waals surface area (Å²) in [6, 6.07) is 7.53. The molecule has 22 heavy (non-hydrogen) atoms. The zero-order valence-corrected chi connectivity index (χ0v) is 13.3. The molecule has 1 amide bonds. The van der Waals surface area contributed by atoms with Gasteiger partial charge in [-0.1, -0.05) is 36.7 Å². The maximum Gasteiger partial charge on any atom is 0.247 e. The molecule has 1 N–H and O–H groups in total. The third-order valence-corrected chi connectivity index (χ3v) is 3.90. The van der Waals surface area contributed by atoms with Gasteiger partial charge in [0, 0.05) is 17.1 Å². The molecule has 0 saturated carbocycles. The standard InChI is InChI=1S/C16H17ClN4O/c1-3-8-21-16-14(10(2)20-21)15(18-9-13(22)19-16)11-6-4-5-7-12(11)17/h4-7H,3,8-9H2,1-2H3,(H,19,22). The van der Waals surface area contributed by atoms with Gasteiger partial charge in [0.2, 0.25) is 5.91 Å². The van der Waals surface area contributed by atoms with Gasteiger partial charge in [-0.25, -0.2) is 4.68 Å². The Morgan fingerprint density at radius 2 is 2.14 bits per heavy atom. The van der Waals surface area contributed by atoms with Crippen LogP contribution in [-0.2, 0) is 11.3 Å². The van der Waals surface area contributed by atoms with Crippen molar-refractivity contribution in [3.63, 3.8) is 0 Å². The second kappa shape index (κ2) is 5.93. The number of carbonyl (C=O) groups excluding carboxylic acids is 1. The summed E-state index contributed by atoms with van der Waals surface area (Å²) in [7, 11) is 0. The maximum atomic E-state index is 12.0. The van der Waals surface area contributed by atoms with E-state index in [1.807, 2.05) is 35.9 Å². The lowest BCUT2D eigenvalue weighted by atomic mass is 10.0. The summed E-state index contributed by atoms with van der Waals surface area (Å²) in [5, 5.41) is 8.08. The molecule has 2 heterocycles. The number of carbonyl (C=O) groups is 1. The topological polar surface area (TPSA) is 59.3 Å². The number of fused-ring (bicyclic) bond motifs is 1. The average molecular weight is 317 g/mol. The number of aliphatic imine (C=N–C) groups is 1. The van der Waals surface area contributed by atoms with Gasteiger partial charge in [-0.15, -0.1) is 0 Å². The van der Waals surface area contributed by atoms with Crippen LogP contribution in [0.5, 0.6) is 0 Å². The number of aryl methyl sites for hydroxylation is 2. The van der Waals surface area contributed by atoms with E-state index in [4.69, 9.17) is 11.6 Å². The number of hydrogen-bond donors (Lipinski definition) is 1. The lowest BCUT2D eigenvalue weighted by Gasteiger charge is -2.09. The monoisotopic (exact) mass is 316 g/mol. The smallest absolute Gasteiger partial charge is 0.247 e. The van der Waals surface area contributed by atoms with Gasteiger partial charge < -0.3 is 5.32 Å². The highest BCUT2D eigenvalue weighted by Crippen LogP contribution is 2.29. The van der Waals surface area contributed by atoms with E-state index in [2.05, 4.69) is 22.3 Å². The minimum atomic E-state index is -0.138. The van der Waals surface area contributed by atoms with Crippen molar-refractivity contribution in [3.05, 3.63) is 46.1 Å². The molecule has 0 spiro atoms. The van der Waals surface area contributed by atoms with Crippen molar-refractivity contribution in [1.82, 2.24) is 9.78 Å². The molecule has 6 heteroatoms. The Labute approximate surface area is 134 Å². The molecule has 5 nitrogen and oxygen atoms in total. The molecule has 114 valence electrons. The summed E-state index contributed by atoms with van der Waals surface area (Å²) in [4.78, 5) is 16.5. The molecule has 0 atom stereocenters. The van der Waals surface area contributed by atoms with Gasteiger partial charge in [-0.3, -0.25) is 9.79 Å². The molecular formula is C16H17ClN4O. The quantitative estimate of drug-likeness (QED) is 0.946. The van der Waals surface area contributed by atoms with E-state index in [0.29, 0.717) is 10.8 Å². The first-order valence-corrected chi connectivity index (χ1v) is 7.66. The lowest BCUT2D eigenvalue weighted by Crippen LogP contribution is -2.17. The van der Waals surface area contributed by atoms with Crippen molar-refractivity contribution in [2.24, 2.45) is 4.99 Å². The molecular weight excluding hydrogens is 300 g/mol. The zero-order valence-electron chi connectivity index (χ0n) is 12.6. The molecule has 0 unspecified atom stereocenters. The van der Waals surface area contributed by atoms with E-state index >= 15 is 0 Å². The Bertz CT molecular complexity index is 764. The Morgan fingerprint density at radius 1 is 1.36 bits per heavy atom. The summed E-state index contributed by atoms with van der Waals surface area (Å²) >= 11 is 6.32. The molecule has 3 rings (SSSR count). The molecule has 1 aromatic heterocycles. The van der Waals surface area contributed by atoms with Crippen molar-refractivity contribution >= 4 is 29.0 Å². The van der Waals surface area contributed by atoms with Crippen LogP contribution in [0.15, 0.2) is 29.3 Å². The van der Waals surface area contributed by atoms with Gasteiger partial charge in [-0.2, -0.15) is 5.10 Å². The largest absolute Gasteiger partial charge is 0.309 e. The van der Waals surface area contributed by atoms with Gasteiger partial charge in [0.15, 0.2) is 0 Å². The van der Waals surface area contributed by atoms with Gasteiger partial charge in [0.25, 0.3) is 0 Å². The van der Waals surface area contributed by atoms with E-state index in [1.54, 1.807) is 0 Å². The third-order valence-electron chi connectivity index (χ3n) is 3.57. The fraction of sp³-hybridized carbons (Fsp3) is 0.312. The first-order chi connectivity index (χ1) is 10.6. The van der Waals surface area contributed by atoms with Crippen LogP contribution in [0, 0.1) is 6.92 Å². The SMILES string of the molecule is CCCn1nc(C)c2c1NC(=O)CN=C2c1ccccc1Cl. The van der Waals surface area contributed by atoms with E-state index in [0.717, 1.165) is 35.5 Å². The van der Waals surface area contributed by atoms with Gasteiger partial charge >= 0.3 is 0 Å². The van der Waals surface area contributed by atoms with Gasteiger partial charge in [0.05, 0.1) is 17.0 Å². The summed E-state index contributed by atoms with van der Waals surface area (Å²) in [5.41, 5.74) is 3.23. The van der Waals surface area contributed by atoms with Crippen molar-refractivity contribution in [2.75, 3.05) is 11.9 Å². The highest BCUT2D eigenvalue weighted by Gasteiger charge is 2.26. The van der Waals surface area contributed by atoms with Crippen LogP contribution >= 0.6 is 11.6 Å². The van der Waals surface area contributed by atoms with E-state index < -0.39 is 0 Å². The maximum absolute atomic E-state index is 12.0. The predicted molar refractivity (Wildman–Crippen MR) is 87.8 cm³/mol. The van der Waals surface area contributed by atoms with Crippen LogP contribution in [0.2, 0.25) is 5.02 Å². The second-order valence-corrected chi connectivity index (χ2v) is 5.63. The molecule has 0 fully saturated rings. The minimum Gasteiger partial charge on any atom is -0.309 e. The molecule has 0 bridgehead atoms. The normalized spacial score (nSPS) is 14.1. The van der Waals surface area contributed by atoms with Crippen LogP contribution in [0.25, 0.3) is 0 Å². The number of halogens is 1. The summed E-state index contributed by atoms with van der Waals surface area (Å²) < 4.78 is 1.83. The average Bonchev–Trinajstić information content (AvgIpc) is 2.68. The van der Waals surface area contributed by atoms with Crippen LogP contribution in [0.3, 0.4) is 0 Å². The summed E-state index contributed by atoms with van der Waals surface area (Å²) in [5.74, 6) is 0.570. The first kappa shape index (κ1) is 14.8. The van der Waals surface area contributed by atoms with E-state index in [-0.39, 0.29) is 12.5 Å². The fourth-order valence-electron chi connectivity index (χ4n) is 2.64. The number of aromatic nitrogens is 2. The van der Waals surface area contributed by atoms with Crippen LogP contribution < -0.4 is 5.32 Å². The van der Waals surface area contributed by atoms with Crippen molar-refractivity contribution in [2.45, 2.75) is 26.8 Å². The zero-order chi connectivity index (χ0) is 15.7.